The molecule has 2 aromatic rings. The quantitative estimate of drug-likeness (QED) is 0.830. The normalized spacial score (nSPS) is 10.3. The third-order valence-corrected chi connectivity index (χ3v) is 3.55. The van der Waals surface area contributed by atoms with Gasteiger partial charge in [0, 0.05) is 5.56 Å². The van der Waals surface area contributed by atoms with E-state index in [1.807, 2.05) is 43.3 Å². The minimum absolute atomic E-state index is 0.171. The summed E-state index contributed by atoms with van der Waals surface area (Å²) >= 11 is 0. The average Bonchev–Trinajstić information content (AvgIpc) is 2.58. The van der Waals surface area contributed by atoms with Crippen molar-refractivity contribution in [1.82, 2.24) is 10.9 Å². The molecule has 2 N–H and O–H groups in total. The lowest BCUT2D eigenvalue weighted by molar-refractivity contribution is -0.123. The van der Waals surface area contributed by atoms with Crippen LogP contribution in [-0.4, -0.2) is 18.4 Å². The number of ether oxygens (including phenoxy) is 1. The Morgan fingerprint density at radius 3 is 2.17 bits per heavy atom. The van der Waals surface area contributed by atoms with E-state index in [2.05, 4.69) is 24.7 Å². The molecular weight excluding hydrogens is 304 g/mol. The second kappa shape index (κ2) is 8.15. The Morgan fingerprint density at radius 2 is 1.58 bits per heavy atom. The van der Waals surface area contributed by atoms with Gasteiger partial charge in [0.05, 0.1) is 0 Å². The first-order chi connectivity index (χ1) is 11.5. The molecule has 24 heavy (non-hydrogen) atoms. The highest BCUT2D eigenvalue weighted by atomic mass is 16.5. The zero-order chi connectivity index (χ0) is 17.5. The molecule has 0 unspecified atom stereocenters. The van der Waals surface area contributed by atoms with Crippen molar-refractivity contribution in [3.05, 3.63) is 65.2 Å². The first-order valence-corrected chi connectivity index (χ1v) is 7.84. The Morgan fingerprint density at radius 1 is 0.958 bits per heavy atom. The highest BCUT2D eigenvalue weighted by Crippen LogP contribution is 2.18. The monoisotopic (exact) mass is 326 g/mol. The number of amides is 2. The summed E-state index contributed by atoms with van der Waals surface area (Å²) in [5.74, 6) is 0.256. The van der Waals surface area contributed by atoms with Crippen LogP contribution in [-0.2, 0) is 4.79 Å². The molecule has 2 aromatic carbocycles. The number of hydrogen-bond donors (Lipinski definition) is 2. The molecule has 0 atom stereocenters. The molecule has 0 aromatic heterocycles. The molecule has 2 rings (SSSR count). The molecule has 0 saturated heterocycles. The van der Waals surface area contributed by atoms with Crippen LogP contribution in [0.15, 0.2) is 48.5 Å². The molecule has 0 spiro atoms. The number of rotatable bonds is 5. The lowest BCUT2D eigenvalue weighted by Crippen LogP contribution is -2.43. The summed E-state index contributed by atoms with van der Waals surface area (Å²) in [4.78, 5) is 23.6. The fourth-order valence-electron chi connectivity index (χ4n) is 2.04. The Kier molecular flexibility index (Phi) is 5.95. The molecule has 0 saturated carbocycles. The second-order valence-electron chi connectivity index (χ2n) is 5.88. The lowest BCUT2D eigenvalue weighted by atomic mass is 10.0. The average molecular weight is 326 g/mol. The van der Waals surface area contributed by atoms with Gasteiger partial charge in [-0.2, -0.15) is 0 Å². The first-order valence-electron chi connectivity index (χ1n) is 7.84. The van der Waals surface area contributed by atoms with Gasteiger partial charge >= 0.3 is 0 Å². The van der Waals surface area contributed by atoms with Crippen molar-refractivity contribution < 1.29 is 14.3 Å². The summed E-state index contributed by atoms with van der Waals surface area (Å²) in [7, 11) is 0. The van der Waals surface area contributed by atoms with Crippen LogP contribution in [0, 0.1) is 6.92 Å². The van der Waals surface area contributed by atoms with Gasteiger partial charge in [-0.25, -0.2) is 0 Å². The van der Waals surface area contributed by atoms with Gasteiger partial charge in [-0.1, -0.05) is 43.7 Å². The Balaban J connectivity index is 1.77. The van der Waals surface area contributed by atoms with Gasteiger partial charge in [0.2, 0.25) is 0 Å². The fraction of sp³-hybridized carbons (Fsp3) is 0.263. The molecule has 5 heteroatoms. The van der Waals surface area contributed by atoms with Crippen molar-refractivity contribution in [3.63, 3.8) is 0 Å². The Labute approximate surface area is 142 Å². The van der Waals surface area contributed by atoms with E-state index in [9.17, 15) is 9.59 Å². The maximum atomic E-state index is 11.9. The summed E-state index contributed by atoms with van der Waals surface area (Å²) in [5.41, 5.74) is 7.44. The van der Waals surface area contributed by atoms with Gasteiger partial charge in [-0.05, 0) is 42.7 Å². The fourth-order valence-corrected chi connectivity index (χ4v) is 2.04. The lowest BCUT2D eigenvalue weighted by Gasteiger charge is -2.10. The summed E-state index contributed by atoms with van der Waals surface area (Å²) in [6.45, 7) is 5.99. The number of nitrogens with one attached hydrogen (secondary N) is 2. The summed E-state index contributed by atoms with van der Waals surface area (Å²) in [6.07, 6.45) is 0. The van der Waals surface area contributed by atoms with E-state index in [-0.39, 0.29) is 12.5 Å². The molecule has 0 aliphatic heterocycles. The van der Waals surface area contributed by atoms with Crippen LogP contribution in [0.2, 0.25) is 0 Å². The highest BCUT2D eigenvalue weighted by molar-refractivity contribution is 5.95. The van der Waals surface area contributed by atoms with Crippen molar-refractivity contribution in [2.45, 2.75) is 26.7 Å². The van der Waals surface area contributed by atoms with E-state index in [4.69, 9.17) is 4.74 Å². The molecule has 0 heterocycles. The van der Waals surface area contributed by atoms with E-state index < -0.39 is 5.91 Å². The van der Waals surface area contributed by atoms with Gasteiger partial charge in [0.1, 0.15) is 5.75 Å². The van der Waals surface area contributed by atoms with Crippen molar-refractivity contribution in [1.29, 1.82) is 0 Å². The minimum atomic E-state index is -0.427. The van der Waals surface area contributed by atoms with Crippen LogP contribution in [0.25, 0.3) is 0 Å². The zero-order valence-electron chi connectivity index (χ0n) is 14.1. The summed E-state index contributed by atoms with van der Waals surface area (Å²) in [5, 5.41) is 0. The number of hydrogen-bond acceptors (Lipinski definition) is 3. The molecular formula is C19H22N2O3. The van der Waals surface area contributed by atoms with Gasteiger partial charge < -0.3 is 4.74 Å². The number of hydrazine groups is 1. The molecule has 5 nitrogen and oxygen atoms in total. The summed E-state index contributed by atoms with van der Waals surface area (Å²) < 4.78 is 5.39. The Bertz CT molecular complexity index is 692. The molecule has 0 aliphatic rings. The number of carbonyl (C=O) groups is 2. The largest absolute Gasteiger partial charge is 0.484 e. The van der Waals surface area contributed by atoms with Gasteiger partial charge in [-0.3, -0.25) is 20.4 Å². The van der Waals surface area contributed by atoms with Crippen LogP contribution in [0.1, 0.15) is 41.3 Å². The third-order valence-electron chi connectivity index (χ3n) is 3.55. The molecule has 126 valence electrons. The van der Waals surface area contributed by atoms with Gasteiger partial charge in [-0.15, -0.1) is 0 Å². The van der Waals surface area contributed by atoms with Crippen LogP contribution < -0.4 is 15.6 Å². The molecule has 0 fully saturated rings. The predicted molar refractivity (Wildman–Crippen MR) is 92.8 cm³/mol. The highest BCUT2D eigenvalue weighted by Gasteiger charge is 2.08. The van der Waals surface area contributed by atoms with Crippen LogP contribution >= 0.6 is 0 Å². The third kappa shape index (κ3) is 5.12. The van der Waals surface area contributed by atoms with Crippen LogP contribution in [0.4, 0.5) is 0 Å². The van der Waals surface area contributed by atoms with Gasteiger partial charge in [0.25, 0.3) is 11.8 Å². The van der Waals surface area contributed by atoms with E-state index in [0.717, 1.165) is 5.56 Å². The van der Waals surface area contributed by atoms with E-state index in [1.165, 1.54) is 5.56 Å². The topological polar surface area (TPSA) is 67.4 Å². The maximum absolute atomic E-state index is 11.9. The number of benzene rings is 2. The number of aryl methyl sites for hydroxylation is 1. The second-order valence-corrected chi connectivity index (χ2v) is 5.88. The minimum Gasteiger partial charge on any atom is -0.484 e. The van der Waals surface area contributed by atoms with Crippen molar-refractivity contribution in [2.75, 3.05) is 6.61 Å². The standard InChI is InChI=1S/C19H22N2O3/c1-13(2)15-8-10-17(11-9-15)24-12-18(22)20-21-19(23)16-6-4-14(3)5-7-16/h4-11,13H,12H2,1-3H3,(H,20,22)(H,21,23). The molecule has 0 radical (unpaired) electrons. The van der Waals surface area contributed by atoms with E-state index in [0.29, 0.717) is 17.2 Å². The molecule has 0 bridgehead atoms. The van der Waals surface area contributed by atoms with Crippen LogP contribution in [0.5, 0.6) is 5.75 Å². The first kappa shape index (κ1) is 17.5. The zero-order valence-corrected chi connectivity index (χ0v) is 14.1. The number of carbonyl (C=O) groups excluding carboxylic acids is 2. The van der Waals surface area contributed by atoms with Crippen LogP contribution in [0.3, 0.4) is 0 Å². The SMILES string of the molecule is Cc1ccc(C(=O)NNC(=O)COc2ccc(C(C)C)cc2)cc1. The van der Waals surface area contributed by atoms with E-state index in [1.54, 1.807) is 12.1 Å². The maximum Gasteiger partial charge on any atom is 0.276 e. The summed E-state index contributed by atoms with van der Waals surface area (Å²) in [6, 6.07) is 14.7. The van der Waals surface area contributed by atoms with Crippen molar-refractivity contribution in [3.8, 4) is 5.75 Å². The molecule has 2 amide bonds. The van der Waals surface area contributed by atoms with Crippen molar-refractivity contribution in [2.24, 2.45) is 0 Å². The van der Waals surface area contributed by atoms with Gasteiger partial charge in [0.15, 0.2) is 6.61 Å². The Hall–Kier alpha value is -2.82. The van der Waals surface area contributed by atoms with E-state index >= 15 is 0 Å². The molecule has 0 aliphatic carbocycles. The predicted octanol–water partition coefficient (Wildman–Crippen LogP) is 2.96. The van der Waals surface area contributed by atoms with Crippen molar-refractivity contribution >= 4 is 11.8 Å². The smallest absolute Gasteiger partial charge is 0.276 e.